The number of amides is 1. The molecule has 0 aliphatic carbocycles. The largest absolute Gasteiger partial charge is 0.342 e. The topological polar surface area (TPSA) is 92.3 Å². The van der Waals surface area contributed by atoms with Gasteiger partial charge in [-0.3, -0.25) is 4.79 Å². The maximum absolute atomic E-state index is 12.6. The summed E-state index contributed by atoms with van der Waals surface area (Å²) in [5.41, 5.74) is 3.74. The molecule has 3 heterocycles. The third kappa shape index (κ3) is 6.57. The van der Waals surface area contributed by atoms with Crippen LogP contribution in [-0.4, -0.2) is 30.8 Å². The summed E-state index contributed by atoms with van der Waals surface area (Å²) in [5.74, 6) is -0.126. The first-order valence-corrected chi connectivity index (χ1v) is 14.8. The number of hydrogen-bond donors (Lipinski definition) is 1. The van der Waals surface area contributed by atoms with Crippen molar-refractivity contribution in [3.05, 3.63) is 81.5 Å². The van der Waals surface area contributed by atoms with Gasteiger partial charge in [0, 0.05) is 34.5 Å². The van der Waals surface area contributed by atoms with E-state index in [2.05, 4.69) is 47.8 Å². The molecular formula is C26H28N4O3S3. The lowest BCUT2D eigenvalue weighted by molar-refractivity contribution is -0.119. The van der Waals surface area contributed by atoms with Crippen LogP contribution in [0.5, 0.6) is 0 Å². The van der Waals surface area contributed by atoms with Gasteiger partial charge in [0.15, 0.2) is 10.2 Å². The van der Waals surface area contributed by atoms with E-state index in [0.717, 1.165) is 21.3 Å². The number of pyridine rings is 1. The Kier molecular flexibility index (Phi) is 8.17. The van der Waals surface area contributed by atoms with Crippen molar-refractivity contribution in [2.75, 3.05) is 11.4 Å². The summed E-state index contributed by atoms with van der Waals surface area (Å²) >= 11 is 3.13. The number of benzene rings is 1. The zero-order valence-corrected chi connectivity index (χ0v) is 22.8. The Labute approximate surface area is 219 Å². The summed E-state index contributed by atoms with van der Waals surface area (Å²) in [7, 11) is -4.03. The number of thiophene rings is 1. The lowest BCUT2D eigenvalue weighted by atomic mass is 10.0. The van der Waals surface area contributed by atoms with Gasteiger partial charge >= 0.3 is 0 Å². The average molecular weight is 541 g/mol. The monoisotopic (exact) mass is 540 g/mol. The molecule has 188 valence electrons. The fourth-order valence-corrected chi connectivity index (χ4v) is 6.18. The van der Waals surface area contributed by atoms with Crippen LogP contribution in [0.1, 0.15) is 42.3 Å². The molecular weight excluding hydrogens is 513 g/mol. The molecule has 0 saturated heterocycles. The van der Waals surface area contributed by atoms with Gasteiger partial charge in [-0.25, -0.2) is 14.7 Å². The number of nitrogens with one attached hydrogen (secondary N) is 1. The highest BCUT2D eigenvalue weighted by atomic mass is 32.2. The second-order valence-electron chi connectivity index (χ2n) is 8.69. The molecule has 4 aromatic rings. The van der Waals surface area contributed by atoms with Gasteiger partial charge in [-0.15, -0.1) is 22.7 Å². The number of sulfonamides is 1. The molecule has 1 aromatic carbocycles. The minimum atomic E-state index is -4.03. The van der Waals surface area contributed by atoms with Crippen molar-refractivity contribution in [1.82, 2.24) is 14.7 Å². The minimum absolute atomic E-state index is 0.00554. The van der Waals surface area contributed by atoms with E-state index in [1.54, 1.807) is 30.4 Å². The van der Waals surface area contributed by atoms with Crippen molar-refractivity contribution in [1.29, 1.82) is 0 Å². The second kappa shape index (κ2) is 11.3. The molecule has 10 heteroatoms. The number of carbonyl (C=O) groups excluding carboxylic acids is 1. The number of nitrogens with zero attached hydrogens (tertiary/aromatic N) is 3. The van der Waals surface area contributed by atoms with Crippen molar-refractivity contribution in [3.8, 4) is 11.3 Å². The van der Waals surface area contributed by atoms with Crippen molar-refractivity contribution >= 4 is 43.7 Å². The maximum atomic E-state index is 12.6. The number of carbonyl (C=O) groups is 1. The van der Waals surface area contributed by atoms with Crippen molar-refractivity contribution < 1.29 is 13.2 Å². The predicted octanol–water partition coefficient (Wildman–Crippen LogP) is 5.60. The lowest BCUT2D eigenvalue weighted by Gasteiger charge is -2.21. The number of anilines is 1. The van der Waals surface area contributed by atoms with Gasteiger partial charge < -0.3 is 4.90 Å². The lowest BCUT2D eigenvalue weighted by Crippen LogP contribution is -2.34. The predicted molar refractivity (Wildman–Crippen MR) is 146 cm³/mol. The van der Waals surface area contributed by atoms with Crippen LogP contribution in [0.25, 0.3) is 11.3 Å². The molecule has 0 aliphatic heterocycles. The minimum Gasteiger partial charge on any atom is -0.342 e. The Hall–Kier alpha value is -3.08. The fourth-order valence-electron chi connectivity index (χ4n) is 3.57. The van der Waals surface area contributed by atoms with Crippen molar-refractivity contribution in [2.24, 2.45) is 0 Å². The van der Waals surface area contributed by atoms with Crippen LogP contribution >= 0.6 is 22.7 Å². The molecule has 1 N–H and O–H groups in total. The van der Waals surface area contributed by atoms with E-state index >= 15 is 0 Å². The van der Waals surface area contributed by atoms with Crippen LogP contribution in [0.15, 0.2) is 70.4 Å². The van der Waals surface area contributed by atoms with Crippen LogP contribution in [0, 0.1) is 6.92 Å². The van der Waals surface area contributed by atoms with Crippen molar-refractivity contribution in [2.45, 2.75) is 44.7 Å². The first-order chi connectivity index (χ1) is 17.2. The zero-order valence-electron chi connectivity index (χ0n) is 20.3. The van der Waals surface area contributed by atoms with Gasteiger partial charge in [-0.2, -0.15) is 8.42 Å². The van der Waals surface area contributed by atoms with Gasteiger partial charge in [0.25, 0.3) is 10.0 Å². The molecule has 0 bridgehead atoms. The van der Waals surface area contributed by atoms with Crippen LogP contribution in [-0.2, 0) is 21.4 Å². The third-order valence-corrected chi connectivity index (χ3v) is 8.59. The highest BCUT2D eigenvalue weighted by Crippen LogP contribution is 2.30. The Morgan fingerprint density at radius 1 is 1.03 bits per heavy atom. The first-order valence-electron chi connectivity index (χ1n) is 11.5. The molecule has 3 aromatic heterocycles. The SMILES string of the molecule is Cc1cccc(S(=O)(=O)NC(=O)CCN(Cc2cccs2)c2nc(-c3ccc(C(C)C)cc3)cs2)n1. The molecule has 0 atom stereocenters. The highest BCUT2D eigenvalue weighted by Gasteiger charge is 2.21. The molecule has 36 heavy (non-hydrogen) atoms. The number of aromatic nitrogens is 2. The van der Waals surface area contributed by atoms with E-state index < -0.39 is 15.9 Å². The molecule has 0 aliphatic rings. The molecule has 7 nitrogen and oxygen atoms in total. The maximum Gasteiger partial charge on any atom is 0.281 e. The summed E-state index contributed by atoms with van der Waals surface area (Å²) < 4.78 is 27.3. The summed E-state index contributed by atoms with van der Waals surface area (Å²) in [5, 5.41) is 4.63. The number of thiazole rings is 1. The summed E-state index contributed by atoms with van der Waals surface area (Å²) in [6.45, 7) is 6.93. The molecule has 4 rings (SSSR count). The van der Waals surface area contributed by atoms with Gasteiger partial charge in [-0.1, -0.05) is 50.2 Å². The quantitative estimate of drug-likeness (QED) is 0.282. The number of hydrogen-bond acceptors (Lipinski definition) is 8. The standard InChI is InChI=1S/C26H28N4O3S3/c1-18(2)20-9-11-21(12-10-20)23-17-35-26(28-23)30(16-22-7-5-15-34-22)14-13-24(31)29-36(32,33)25-8-4-6-19(3)27-25/h4-12,15,17-18H,13-14,16H2,1-3H3,(H,29,31). The third-order valence-electron chi connectivity index (χ3n) is 5.56. The van der Waals surface area contributed by atoms with E-state index in [9.17, 15) is 13.2 Å². The average Bonchev–Trinajstić information content (AvgIpc) is 3.54. The normalized spacial score (nSPS) is 11.6. The van der Waals surface area contributed by atoms with E-state index in [1.165, 1.54) is 23.0 Å². The summed E-state index contributed by atoms with van der Waals surface area (Å²) in [6.07, 6.45) is -0.00554. The van der Waals surface area contributed by atoms with Gasteiger partial charge in [0.1, 0.15) is 0 Å². The molecule has 0 saturated carbocycles. The Bertz CT molecular complexity index is 1410. The van der Waals surface area contributed by atoms with Crippen LogP contribution < -0.4 is 9.62 Å². The smallest absolute Gasteiger partial charge is 0.281 e. The van der Waals surface area contributed by atoms with E-state index in [4.69, 9.17) is 4.98 Å². The summed E-state index contributed by atoms with van der Waals surface area (Å²) in [4.78, 5) is 24.6. The number of aryl methyl sites for hydroxylation is 1. The van der Waals surface area contributed by atoms with Gasteiger partial charge in [0.05, 0.1) is 12.2 Å². The van der Waals surface area contributed by atoms with Crippen LogP contribution in [0.4, 0.5) is 5.13 Å². The van der Waals surface area contributed by atoms with E-state index in [1.807, 2.05) is 27.8 Å². The Balaban J connectivity index is 1.47. The molecule has 0 spiro atoms. The van der Waals surface area contributed by atoms with Crippen molar-refractivity contribution in [3.63, 3.8) is 0 Å². The second-order valence-corrected chi connectivity index (χ2v) is 12.2. The van der Waals surface area contributed by atoms with Gasteiger partial charge in [0.2, 0.25) is 5.91 Å². The summed E-state index contributed by atoms with van der Waals surface area (Å²) in [6, 6.07) is 17.1. The number of rotatable bonds is 10. The Morgan fingerprint density at radius 2 is 1.81 bits per heavy atom. The zero-order chi connectivity index (χ0) is 25.7. The molecule has 1 amide bonds. The Morgan fingerprint density at radius 3 is 2.47 bits per heavy atom. The van der Waals surface area contributed by atoms with Gasteiger partial charge in [-0.05, 0) is 42.0 Å². The highest BCUT2D eigenvalue weighted by molar-refractivity contribution is 7.90. The first kappa shape index (κ1) is 26.0. The molecule has 0 unspecified atom stereocenters. The fraction of sp³-hybridized carbons (Fsp3) is 0.269. The van der Waals surface area contributed by atoms with Crippen LogP contribution in [0.3, 0.4) is 0 Å². The van der Waals surface area contributed by atoms with E-state index in [0.29, 0.717) is 24.7 Å². The van der Waals surface area contributed by atoms with Crippen LogP contribution in [0.2, 0.25) is 0 Å². The van der Waals surface area contributed by atoms with E-state index in [-0.39, 0.29) is 11.4 Å². The molecule has 0 fully saturated rings. The molecule has 0 radical (unpaired) electrons.